The first-order chi connectivity index (χ1) is 11.2. The van der Waals surface area contributed by atoms with E-state index in [0.717, 1.165) is 28.7 Å². The van der Waals surface area contributed by atoms with Crippen LogP contribution in [0.1, 0.15) is 11.3 Å². The van der Waals surface area contributed by atoms with Crippen LogP contribution in [0.5, 0.6) is 11.5 Å². The summed E-state index contributed by atoms with van der Waals surface area (Å²) in [5.41, 5.74) is 1.86. The maximum absolute atomic E-state index is 5.43. The Morgan fingerprint density at radius 2 is 2.13 bits per heavy atom. The fraction of sp³-hybridized carbons (Fsp3) is 0.375. The van der Waals surface area contributed by atoms with Gasteiger partial charge in [0.25, 0.3) is 0 Å². The van der Waals surface area contributed by atoms with E-state index >= 15 is 0 Å². The van der Waals surface area contributed by atoms with E-state index in [1.807, 2.05) is 36.2 Å². The molecule has 1 heterocycles. The summed E-state index contributed by atoms with van der Waals surface area (Å²) in [6.07, 6.45) is 1.55. The quantitative estimate of drug-likeness (QED) is 0.648. The fourth-order valence-corrected chi connectivity index (χ4v) is 2.20. The molecule has 1 aromatic carbocycles. The van der Waals surface area contributed by atoms with Gasteiger partial charge in [-0.2, -0.15) is 0 Å². The summed E-state index contributed by atoms with van der Waals surface area (Å²) in [6, 6.07) is 7.58. The van der Waals surface area contributed by atoms with Crippen molar-refractivity contribution in [2.24, 2.45) is 4.99 Å². The Bertz CT molecular complexity index is 641. The van der Waals surface area contributed by atoms with Gasteiger partial charge in [-0.25, -0.2) is 0 Å². The monoisotopic (exact) mass is 318 g/mol. The second kappa shape index (κ2) is 8.07. The summed E-state index contributed by atoms with van der Waals surface area (Å²) >= 11 is 0. The average molecular weight is 318 g/mol. The lowest BCUT2D eigenvalue weighted by molar-refractivity contribution is 0.382. The minimum Gasteiger partial charge on any atom is -0.497 e. The molecular formula is C16H22N4O3. The van der Waals surface area contributed by atoms with E-state index in [9.17, 15) is 0 Å². The summed E-state index contributed by atoms with van der Waals surface area (Å²) in [4.78, 5) is 6.28. The molecular weight excluding hydrogens is 296 g/mol. The zero-order valence-electron chi connectivity index (χ0n) is 13.9. The molecule has 0 bridgehead atoms. The molecule has 1 N–H and O–H groups in total. The number of benzene rings is 1. The van der Waals surface area contributed by atoms with E-state index in [0.29, 0.717) is 13.1 Å². The highest BCUT2D eigenvalue weighted by atomic mass is 16.5. The van der Waals surface area contributed by atoms with Crippen LogP contribution in [0.25, 0.3) is 0 Å². The van der Waals surface area contributed by atoms with Crippen molar-refractivity contribution in [1.29, 1.82) is 0 Å². The van der Waals surface area contributed by atoms with Crippen LogP contribution in [0.2, 0.25) is 0 Å². The minimum absolute atomic E-state index is 0.549. The number of methoxy groups -OCH3 is 2. The normalized spacial score (nSPS) is 11.2. The molecule has 1 aromatic heterocycles. The van der Waals surface area contributed by atoms with Crippen molar-refractivity contribution >= 4 is 5.96 Å². The van der Waals surface area contributed by atoms with Crippen molar-refractivity contribution in [2.75, 3.05) is 28.3 Å². The molecule has 2 aromatic rings. The summed E-state index contributed by atoms with van der Waals surface area (Å²) in [5.74, 6) is 2.30. The number of hydrogen-bond donors (Lipinski definition) is 1. The van der Waals surface area contributed by atoms with E-state index in [2.05, 4.69) is 15.5 Å². The summed E-state index contributed by atoms with van der Waals surface area (Å²) in [7, 11) is 6.99. The second-order valence-corrected chi connectivity index (χ2v) is 4.93. The maximum atomic E-state index is 5.43. The summed E-state index contributed by atoms with van der Waals surface area (Å²) < 4.78 is 15.5. The number of aliphatic imine (C=N–C) groups is 1. The SMILES string of the molecule is CN=C(NCc1ccon1)N(C)Cc1ccc(OC)cc1OC. The van der Waals surface area contributed by atoms with E-state index in [1.165, 1.54) is 0 Å². The van der Waals surface area contributed by atoms with Crippen LogP contribution in [0.3, 0.4) is 0 Å². The molecule has 0 saturated heterocycles. The van der Waals surface area contributed by atoms with Crippen molar-refractivity contribution in [3.8, 4) is 11.5 Å². The largest absolute Gasteiger partial charge is 0.497 e. The molecule has 2 rings (SSSR count). The standard InChI is InChI=1S/C16H22N4O3/c1-17-16(18-10-13-7-8-23-19-13)20(2)11-12-5-6-14(21-3)9-15(12)22-4/h5-9H,10-11H2,1-4H3,(H,17,18). The van der Waals surface area contributed by atoms with E-state index in [1.54, 1.807) is 27.5 Å². The molecule has 0 aliphatic carbocycles. The van der Waals surface area contributed by atoms with Crippen molar-refractivity contribution in [1.82, 2.24) is 15.4 Å². The van der Waals surface area contributed by atoms with Crippen LogP contribution in [0.4, 0.5) is 0 Å². The Morgan fingerprint density at radius 1 is 1.30 bits per heavy atom. The van der Waals surface area contributed by atoms with Crippen LogP contribution in [-0.2, 0) is 13.1 Å². The Kier molecular flexibility index (Phi) is 5.85. The average Bonchev–Trinajstić information content (AvgIpc) is 3.09. The highest BCUT2D eigenvalue weighted by Crippen LogP contribution is 2.25. The van der Waals surface area contributed by atoms with Gasteiger partial charge in [0.05, 0.1) is 20.8 Å². The van der Waals surface area contributed by atoms with Gasteiger partial charge in [0.15, 0.2) is 5.96 Å². The molecule has 0 amide bonds. The third-order valence-corrected chi connectivity index (χ3v) is 3.39. The number of aromatic nitrogens is 1. The molecule has 7 nitrogen and oxygen atoms in total. The van der Waals surface area contributed by atoms with Crippen LogP contribution in [0.15, 0.2) is 40.0 Å². The van der Waals surface area contributed by atoms with Crippen LogP contribution >= 0.6 is 0 Å². The smallest absolute Gasteiger partial charge is 0.194 e. The van der Waals surface area contributed by atoms with Gasteiger partial charge in [-0.1, -0.05) is 5.16 Å². The zero-order chi connectivity index (χ0) is 16.7. The van der Waals surface area contributed by atoms with E-state index in [4.69, 9.17) is 14.0 Å². The topological polar surface area (TPSA) is 72.1 Å². The molecule has 23 heavy (non-hydrogen) atoms. The van der Waals surface area contributed by atoms with Crippen LogP contribution < -0.4 is 14.8 Å². The molecule has 0 fully saturated rings. The van der Waals surface area contributed by atoms with Gasteiger partial charge in [0.1, 0.15) is 23.5 Å². The van der Waals surface area contributed by atoms with Crippen molar-refractivity contribution in [3.05, 3.63) is 41.8 Å². The van der Waals surface area contributed by atoms with Gasteiger partial charge in [-0.05, 0) is 12.1 Å². The third-order valence-electron chi connectivity index (χ3n) is 3.39. The number of ether oxygens (including phenoxy) is 2. The van der Waals surface area contributed by atoms with Gasteiger partial charge >= 0.3 is 0 Å². The number of guanidine groups is 1. The Hall–Kier alpha value is -2.70. The second-order valence-electron chi connectivity index (χ2n) is 4.93. The number of nitrogens with zero attached hydrogens (tertiary/aromatic N) is 3. The predicted molar refractivity (Wildman–Crippen MR) is 87.7 cm³/mol. The molecule has 0 saturated carbocycles. The summed E-state index contributed by atoms with van der Waals surface area (Å²) in [5, 5.41) is 7.11. The highest BCUT2D eigenvalue weighted by Gasteiger charge is 2.11. The molecule has 0 spiro atoms. The van der Waals surface area contributed by atoms with E-state index < -0.39 is 0 Å². The zero-order valence-corrected chi connectivity index (χ0v) is 13.9. The summed E-state index contributed by atoms with van der Waals surface area (Å²) in [6.45, 7) is 1.19. The Labute approximate surface area is 135 Å². The van der Waals surface area contributed by atoms with E-state index in [-0.39, 0.29) is 0 Å². The van der Waals surface area contributed by atoms with Gasteiger partial charge in [-0.15, -0.1) is 0 Å². The first kappa shape index (κ1) is 16.7. The Morgan fingerprint density at radius 3 is 2.74 bits per heavy atom. The van der Waals surface area contributed by atoms with Crippen LogP contribution in [0, 0.1) is 0 Å². The minimum atomic E-state index is 0.549. The lowest BCUT2D eigenvalue weighted by Gasteiger charge is -2.23. The highest BCUT2D eigenvalue weighted by molar-refractivity contribution is 5.79. The molecule has 124 valence electrons. The molecule has 7 heteroatoms. The molecule has 0 unspecified atom stereocenters. The molecule has 0 atom stereocenters. The molecule has 0 aliphatic heterocycles. The molecule has 0 aliphatic rings. The third kappa shape index (κ3) is 4.38. The van der Waals surface area contributed by atoms with Crippen molar-refractivity contribution in [3.63, 3.8) is 0 Å². The lowest BCUT2D eigenvalue weighted by atomic mass is 10.2. The van der Waals surface area contributed by atoms with Crippen LogP contribution in [-0.4, -0.2) is 44.3 Å². The van der Waals surface area contributed by atoms with Crippen molar-refractivity contribution in [2.45, 2.75) is 13.1 Å². The first-order valence-electron chi connectivity index (χ1n) is 7.20. The van der Waals surface area contributed by atoms with Crippen molar-refractivity contribution < 1.29 is 14.0 Å². The number of rotatable bonds is 6. The Balaban J connectivity index is 2.02. The number of hydrogen-bond acceptors (Lipinski definition) is 5. The first-order valence-corrected chi connectivity index (χ1v) is 7.20. The molecule has 0 radical (unpaired) electrons. The van der Waals surface area contributed by atoms with Gasteiger partial charge in [-0.3, -0.25) is 4.99 Å². The van der Waals surface area contributed by atoms with Gasteiger partial charge in [0, 0.05) is 38.3 Å². The van der Waals surface area contributed by atoms with Gasteiger partial charge in [0.2, 0.25) is 0 Å². The lowest BCUT2D eigenvalue weighted by Crippen LogP contribution is -2.38. The van der Waals surface area contributed by atoms with Gasteiger partial charge < -0.3 is 24.2 Å². The number of nitrogens with one attached hydrogen (secondary N) is 1. The fourth-order valence-electron chi connectivity index (χ4n) is 2.20. The maximum Gasteiger partial charge on any atom is 0.194 e. The predicted octanol–water partition coefficient (Wildman–Crippen LogP) is 1.90.